The SMILES string of the molecule is CCOC(O)C1CN(C(=O)OC(C)(C)C)CCO1. The zero-order chi connectivity index (χ0) is 13.8. The summed E-state index contributed by atoms with van der Waals surface area (Å²) in [5, 5.41) is 9.68. The van der Waals surface area contributed by atoms with E-state index in [9.17, 15) is 9.90 Å². The molecule has 1 rings (SSSR count). The molecule has 6 nitrogen and oxygen atoms in total. The van der Waals surface area contributed by atoms with Gasteiger partial charge in [-0.25, -0.2) is 4.79 Å². The van der Waals surface area contributed by atoms with Crippen LogP contribution in [0.3, 0.4) is 0 Å². The maximum absolute atomic E-state index is 11.9. The lowest BCUT2D eigenvalue weighted by Gasteiger charge is -2.35. The van der Waals surface area contributed by atoms with Crippen LogP contribution >= 0.6 is 0 Å². The van der Waals surface area contributed by atoms with E-state index >= 15 is 0 Å². The van der Waals surface area contributed by atoms with E-state index in [-0.39, 0.29) is 12.6 Å². The van der Waals surface area contributed by atoms with Crippen LogP contribution in [0.5, 0.6) is 0 Å². The second-order valence-electron chi connectivity index (χ2n) is 5.18. The first-order chi connectivity index (χ1) is 8.33. The molecule has 0 aromatic heterocycles. The number of morpholine rings is 1. The van der Waals surface area contributed by atoms with Crippen molar-refractivity contribution in [1.82, 2.24) is 4.90 Å². The predicted octanol–water partition coefficient (Wildman–Crippen LogP) is 0.977. The Labute approximate surface area is 108 Å². The van der Waals surface area contributed by atoms with Crippen molar-refractivity contribution in [3.05, 3.63) is 0 Å². The second-order valence-corrected chi connectivity index (χ2v) is 5.18. The van der Waals surface area contributed by atoms with Crippen molar-refractivity contribution in [3.63, 3.8) is 0 Å². The van der Waals surface area contributed by atoms with Crippen molar-refractivity contribution < 1.29 is 24.1 Å². The Morgan fingerprint density at radius 2 is 2.22 bits per heavy atom. The summed E-state index contributed by atoms with van der Waals surface area (Å²) >= 11 is 0. The Morgan fingerprint density at radius 3 is 2.78 bits per heavy atom. The van der Waals surface area contributed by atoms with Gasteiger partial charge in [-0.1, -0.05) is 0 Å². The number of carbonyl (C=O) groups is 1. The molecule has 0 aromatic rings. The highest BCUT2D eigenvalue weighted by atomic mass is 16.6. The topological polar surface area (TPSA) is 68.2 Å². The van der Waals surface area contributed by atoms with Crippen molar-refractivity contribution in [3.8, 4) is 0 Å². The summed E-state index contributed by atoms with van der Waals surface area (Å²) in [4.78, 5) is 13.4. The van der Waals surface area contributed by atoms with Crippen LogP contribution in [-0.2, 0) is 14.2 Å². The van der Waals surface area contributed by atoms with E-state index in [1.165, 1.54) is 4.90 Å². The summed E-state index contributed by atoms with van der Waals surface area (Å²) in [6, 6.07) is 0. The molecule has 0 bridgehead atoms. The van der Waals surface area contributed by atoms with Gasteiger partial charge in [-0.3, -0.25) is 0 Å². The summed E-state index contributed by atoms with van der Waals surface area (Å²) in [6.07, 6.45) is -1.93. The zero-order valence-corrected chi connectivity index (χ0v) is 11.5. The quantitative estimate of drug-likeness (QED) is 0.767. The van der Waals surface area contributed by atoms with Gasteiger partial charge in [0, 0.05) is 13.2 Å². The van der Waals surface area contributed by atoms with Gasteiger partial charge in [0.05, 0.1) is 13.2 Å². The molecule has 0 aliphatic carbocycles. The van der Waals surface area contributed by atoms with Crippen LogP contribution in [0.2, 0.25) is 0 Å². The van der Waals surface area contributed by atoms with E-state index in [1.807, 2.05) is 20.8 Å². The van der Waals surface area contributed by atoms with E-state index in [2.05, 4.69) is 0 Å². The fourth-order valence-corrected chi connectivity index (χ4v) is 1.62. The number of carbonyl (C=O) groups excluding carboxylic acids is 1. The molecule has 1 N–H and O–H groups in total. The summed E-state index contributed by atoms with van der Waals surface area (Å²) < 4.78 is 15.7. The highest BCUT2D eigenvalue weighted by Crippen LogP contribution is 2.15. The standard InChI is InChI=1S/C12H23NO5/c1-5-16-10(14)9-8-13(6-7-17-9)11(15)18-12(2,3)4/h9-10,14H,5-8H2,1-4H3. The zero-order valence-electron chi connectivity index (χ0n) is 11.5. The van der Waals surface area contributed by atoms with Gasteiger partial charge in [-0.2, -0.15) is 0 Å². The summed E-state index contributed by atoms with van der Waals surface area (Å²) in [5.41, 5.74) is -0.524. The predicted molar refractivity (Wildman–Crippen MR) is 65.2 cm³/mol. The Kier molecular flexibility index (Phi) is 5.37. The first kappa shape index (κ1) is 15.2. The van der Waals surface area contributed by atoms with Crippen LogP contribution < -0.4 is 0 Å². The number of amides is 1. The van der Waals surface area contributed by atoms with E-state index in [0.717, 1.165) is 0 Å². The average molecular weight is 261 g/mol. The molecule has 18 heavy (non-hydrogen) atoms. The fraction of sp³-hybridized carbons (Fsp3) is 0.917. The van der Waals surface area contributed by atoms with Crippen LogP contribution in [0.4, 0.5) is 4.79 Å². The molecule has 0 saturated carbocycles. The molecule has 2 atom stereocenters. The molecule has 0 spiro atoms. The van der Waals surface area contributed by atoms with Gasteiger partial charge >= 0.3 is 6.09 Å². The smallest absolute Gasteiger partial charge is 0.410 e. The Hall–Kier alpha value is -0.850. The van der Waals surface area contributed by atoms with Crippen molar-refractivity contribution in [2.24, 2.45) is 0 Å². The fourth-order valence-electron chi connectivity index (χ4n) is 1.62. The van der Waals surface area contributed by atoms with Crippen LogP contribution in [0.25, 0.3) is 0 Å². The van der Waals surface area contributed by atoms with Crippen LogP contribution in [-0.4, -0.2) is 60.4 Å². The maximum Gasteiger partial charge on any atom is 0.410 e. The third-order valence-corrected chi connectivity index (χ3v) is 2.40. The third kappa shape index (κ3) is 4.80. The van der Waals surface area contributed by atoms with Gasteiger partial charge in [0.1, 0.15) is 11.7 Å². The van der Waals surface area contributed by atoms with Crippen molar-refractivity contribution in [1.29, 1.82) is 0 Å². The van der Waals surface area contributed by atoms with E-state index in [0.29, 0.717) is 19.8 Å². The highest BCUT2D eigenvalue weighted by molar-refractivity contribution is 5.68. The van der Waals surface area contributed by atoms with Crippen LogP contribution in [0.15, 0.2) is 0 Å². The molecule has 1 aliphatic rings. The third-order valence-electron chi connectivity index (χ3n) is 2.40. The molecule has 1 amide bonds. The van der Waals surface area contributed by atoms with Gasteiger partial charge in [0.25, 0.3) is 0 Å². The normalized spacial score (nSPS) is 22.7. The Bertz CT molecular complexity index is 276. The molecule has 1 fully saturated rings. The molecule has 0 radical (unpaired) electrons. The van der Waals surface area contributed by atoms with E-state index in [4.69, 9.17) is 14.2 Å². The molecule has 106 valence electrons. The first-order valence-electron chi connectivity index (χ1n) is 6.22. The number of ether oxygens (including phenoxy) is 3. The van der Waals surface area contributed by atoms with Crippen LogP contribution in [0, 0.1) is 0 Å². The second kappa shape index (κ2) is 6.36. The first-order valence-corrected chi connectivity index (χ1v) is 6.22. The van der Waals surface area contributed by atoms with Crippen molar-refractivity contribution in [2.75, 3.05) is 26.3 Å². The molecule has 1 saturated heterocycles. The number of nitrogens with zero attached hydrogens (tertiary/aromatic N) is 1. The molecule has 1 heterocycles. The minimum Gasteiger partial charge on any atom is -0.444 e. The Balaban J connectivity index is 2.50. The average Bonchev–Trinajstić information content (AvgIpc) is 2.27. The lowest BCUT2D eigenvalue weighted by Crippen LogP contribution is -2.51. The number of rotatable bonds is 3. The number of aliphatic hydroxyl groups excluding tert-OH is 1. The molecular formula is C12H23NO5. The van der Waals surface area contributed by atoms with Gasteiger partial charge in [-0.15, -0.1) is 0 Å². The van der Waals surface area contributed by atoms with E-state index < -0.39 is 18.0 Å². The largest absolute Gasteiger partial charge is 0.444 e. The Morgan fingerprint density at radius 1 is 1.56 bits per heavy atom. The monoisotopic (exact) mass is 261 g/mol. The lowest BCUT2D eigenvalue weighted by atomic mass is 10.2. The van der Waals surface area contributed by atoms with Crippen molar-refractivity contribution in [2.45, 2.75) is 45.7 Å². The molecule has 6 heteroatoms. The summed E-state index contributed by atoms with van der Waals surface area (Å²) in [5.74, 6) is 0. The summed E-state index contributed by atoms with van der Waals surface area (Å²) in [7, 11) is 0. The maximum atomic E-state index is 11.9. The van der Waals surface area contributed by atoms with Crippen molar-refractivity contribution >= 4 is 6.09 Å². The number of hydrogen-bond acceptors (Lipinski definition) is 5. The summed E-state index contributed by atoms with van der Waals surface area (Å²) in [6.45, 7) is 8.74. The number of hydrogen-bond donors (Lipinski definition) is 1. The number of aliphatic hydroxyl groups is 1. The van der Waals surface area contributed by atoms with Gasteiger partial charge in [0.15, 0.2) is 6.29 Å². The molecule has 2 unspecified atom stereocenters. The van der Waals surface area contributed by atoms with Gasteiger partial charge in [0.2, 0.25) is 0 Å². The highest BCUT2D eigenvalue weighted by Gasteiger charge is 2.31. The van der Waals surface area contributed by atoms with Gasteiger partial charge in [-0.05, 0) is 27.7 Å². The molecular weight excluding hydrogens is 238 g/mol. The molecule has 1 aliphatic heterocycles. The lowest BCUT2D eigenvalue weighted by molar-refractivity contribution is -0.192. The van der Waals surface area contributed by atoms with Crippen LogP contribution in [0.1, 0.15) is 27.7 Å². The minimum atomic E-state index is -1.01. The molecule has 0 aromatic carbocycles. The minimum absolute atomic E-state index is 0.274. The van der Waals surface area contributed by atoms with Gasteiger partial charge < -0.3 is 24.2 Å². The van der Waals surface area contributed by atoms with E-state index in [1.54, 1.807) is 6.92 Å².